The summed E-state index contributed by atoms with van der Waals surface area (Å²) in [5.74, 6) is 0.193. The van der Waals surface area contributed by atoms with Crippen LogP contribution in [0.2, 0.25) is 10.0 Å². The van der Waals surface area contributed by atoms with Gasteiger partial charge in [-0.1, -0.05) is 39.1 Å². The molecule has 0 radical (unpaired) electrons. The maximum atomic E-state index is 14.0. The minimum absolute atomic E-state index is 0.232. The summed E-state index contributed by atoms with van der Waals surface area (Å²) in [7, 11) is 0. The molecule has 0 spiro atoms. The molecule has 0 aliphatic heterocycles. The Kier molecular flexibility index (Phi) is 5.27. The normalized spacial score (nSPS) is 10.6. The lowest BCUT2D eigenvalue weighted by molar-refractivity contribution is 0.631. The quantitative estimate of drug-likeness (QED) is 0.479. The molecule has 0 saturated carbocycles. The van der Waals surface area contributed by atoms with Gasteiger partial charge in [0.15, 0.2) is 11.6 Å². The Bertz CT molecular complexity index is 938. The maximum absolute atomic E-state index is 14.0. The van der Waals surface area contributed by atoms with Crippen LogP contribution in [0.1, 0.15) is 0 Å². The molecule has 0 amide bonds. The highest BCUT2D eigenvalue weighted by Gasteiger charge is 2.11. The third-order valence-corrected chi connectivity index (χ3v) is 4.48. The predicted molar refractivity (Wildman–Crippen MR) is 104 cm³/mol. The van der Waals surface area contributed by atoms with Gasteiger partial charge in [0.05, 0.1) is 15.7 Å². The molecular formula is C16H11BrCl2FN5. The van der Waals surface area contributed by atoms with Crippen LogP contribution in [-0.2, 0) is 0 Å². The summed E-state index contributed by atoms with van der Waals surface area (Å²) in [6.45, 7) is 0. The molecule has 0 aliphatic rings. The van der Waals surface area contributed by atoms with Gasteiger partial charge in [0.25, 0.3) is 0 Å². The van der Waals surface area contributed by atoms with E-state index in [9.17, 15) is 4.39 Å². The summed E-state index contributed by atoms with van der Waals surface area (Å²) < 4.78 is 14.6. The first-order valence-corrected chi connectivity index (χ1v) is 8.53. The van der Waals surface area contributed by atoms with Gasteiger partial charge in [-0.05, 0) is 36.4 Å². The third kappa shape index (κ3) is 4.12. The molecule has 2 aromatic carbocycles. The number of nitrogens with one attached hydrogen (secondary N) is 2. The van der Waals surface area contributed by atoms with E-state index < -0.39 is 5.82 Å². The molecule has 128 valence electrons. The first-order chi connectivity index (χ1) is 11.9. The van der Waals surface area contributed by atoms with Crippen molar-refractivity contribution in [3.05, 3.63) is 63.1 Å². The van der Waals surface area contributed by atoms with E-state index in [1.165, 1.54) is 12.4 Å². The molecule has 5 nitrogen and oxygen atoms in total. The Morgan fingerprint density at radius 3 is 2.36 bits per heavy atom. The van der Waals surface area contributed by atoms with Crippen LogP contribution >= 0.6 is 39.1 Å². The molecule has 25 heavy (non-hydrogen) atoms. The van der Waals surface area contributed by atoms with E-state index in [4.69, 9.17) is 28.9 Å². The minimum atomic E-state index is -0.439. The second-order valence-corrected chi connectivity index (χ2v) is 6.72. The Hall–Kier alpha value is -2.09. The Morgan fingerprint density at radius 1 is 0.960 bits per heavy atom. The van der Waals surface area contributed by atoms with Crippen molar-refractivity contribution in [1.82, 2.24) is 9.97 Å². The van der Waals surface area contributed by atoms with Gasteiger partial charge in [0.2, 0.25) is 0 Å². The zero-order valence-corrected chi connectivity index (χ0v) is 15.6. The van der Waals surface area contributed by atoms with Crippen molar-refractivity contribution >= 4 is 67.8 Å². The standard InChI is InChI=1S/C16H11BrCl2FN5/c17-8-1-4-13(12(20)5-8)25-16-14(21)15(22-7-23-16)24-9-2-3-10(18)11(19)6-9/h1-7H,21H2,(H2,22,23,24,25). The monoisotopic (exact) mass is 441 g/mol. The van der Waals surface area contributed by atoms with Crippen LogP contribution in [0.15, 0.2) is 47.2 Å². The number of aromatic nitrogens is 2. The number of anilines is 5. The summed E-state index contributed by atoms with van der Waals surface area (Å²) in [6.07, 6.45) is 1.31. The zero-order valence-electron chi connectivity index (χ0n) is 12.5. The summed E-state index contributed by atoms with van der Waals surface area (Å²) in [6, 6.07) is 9.66. The molecule has 3 rings (SSSR count). The van der Waals surface area contributed by atoms with Gasteiger partial charge in [0, 0.05) is 10.2 Å². The average Bonchev–Trinajstić information content (AvgIpc) is 2.57. The highest BCUT2D eigenvalue weighted by atomic mass is 79.9. The maximum Gasteiger partial charge on any atom is 0.159 e. The average molecular weight is 443 g/mol. The van der Waals surface area contributed by atoms with Gasteiger partial charge < -0.3 is 16.4 Å². The number of nitrogens with two attached hydrogens (primary N) is 1. The number of hydrogen-bond acceptors (Lipinski definition) is 5. The van der Waals surface area contributed by atoms with Gasteiger partial charge in [-0.25, -0.2) is 14.4 Å². The van der Waals surface area contributed by atoms with Gasteiger partial charge in [-0.3, -0.25) is 0 Å². The van der Waals surface area contributed by atoms with E-state index in [0.29, 0.717) is 26.0 Å². The summed E-state index contributed by atoms with van der Waals surface area (Å²) in [4.78, 5) is 8.16. The predicted octanol–water partition coefficient (Wildman–Crippen LogP) is 5.75. The molecule has 0 unspecified atom stereocenters. The molecule has 0 saturated heterocycles. The molecule has 1 aromatic heterocycles. The third-order valence-electron chi connectivity index (χ3n) is 3.25. The van der Waals surface area contributed by atoms with Gasteiger partial charge in [-0.2, -0.15) is 0 Å². The van der Waals surface area contributed by atoms with Crippen molar-refractivity contribution in [1.29, 1.82) is 0 Å². The van der Waals surface area contributed by atoms with Crippen molar-refractivity contribution in [3.63, 3.8) is 0 Å². The van der Waals surface area contributed by atoms with Crippen LogP contribution in [0.25, 0.3) is 0 Å². The van der Waals surface area contributed by atoms with Crippen LogP contribution in [0.4, 0.5) is 33.1 Å². The summed E-state index contributed by atoms with van der Waals surface area (Å²) in [5.41, 5.74) is 7.22. The topological polar surface area (TPSA) is 75.9 Å². The SMILES string of the molecule is Nc1c(Nc2ccc(Cl)c(Cl)c2)ncnc1Nc1ccc(Br)cc1F. The number of hydrogen-bond donors (Lipinski definition) is 3. The van der Waals surface area contributed by atoms with Crippen LogP contribution in [0.5, 0.6) is 0 Å². The van der Waals surface area contributed by atoms with Crippen molar-refractivity contribution in [2.45, 2.75) is 0 Å². The lowest BCUT2D eigenvalue weighted by Crippen LogP contribution is -2.06. The number of halogens is 4. The Morgan fingerprint density at radius 2 is 1.68 bits per heavy atom. The van der Waals surface area contributed by atoms with E-state index in [-0.39, 0.29) is 17.2 Å². The summed E-state index contributed by atoms with van der Waals surface area (Å²) in [5, 5.41) is 6.72. The number of nitrogen functional groups attached to an aromatic ring is 1. The summed E-state index contributed by atoms with van der Waals surface area (Å²) >= 11 is 15.1. The molecule has 0 fully saturated rings. The fraction of sp³-hybridized carbons (Fsp3) is 0. The van der Waals surface area contributed by atoms with Crippen LogP contribution in [0.3, 0.4) is 0 Å². The van der Waals surface area contributed by atoms with E-state index >= 15 is 0 Å². The fourth-order valence-electron chi connectivity index (χ4n) is 2.02. The number of nitrogens with zero attached hydrogens (tertiary/aromatic N) is 2. The first kappa shape index (κ1) is 17.7. The zero-order chi connectivity index (χ0) is 18.0. The van der Waals surface area contributed by atoms with Gasteiger partial charge in [-0.15, -0.1) is 0 Å². The number of benzene rings is 2. The van der Waals surface area contributed by atoms with Crippen molar-refractivity contribution in [3.8, 4) is 0 Å². The molecule has 0 bridgehead atoms. The van der Waals surface area contributed by atoms with Gasteiger partial charge in [0.1, 0.15) is 17.8 Å². The fourth-order valence-corrected chi connectivity index (χ4v) is 2.66. The smallest absolute Gasteiger partial charge is 0.159 e. The van der Waals surface area contributed by atoms with E-state index in [0.717, 1.165) is 0 Å². The van der Waals surface area contributed by atoms with E-state index in [1.54, 1.807) is 30.3 Å². The lowest BCUT2D eigenvalue weighted by atomic mass is 10.3. The van der Waals surface area contributed by atoms with Crippen molar-refractivity contribution in [2.75, 3.05) is 16.4 Å². The number of rotatable bonds is 4. The largest absolute Gasteiger partial charge is 0.393 e. The second-order valence-electron chi connectivity index (χ2n) is 4.99. The highest BCUT2D eigenvalue weighted by Crippen LogP contribution is 2.31. The second kappa shape index (κ2) is 7.43. The van der Waals surface area contributed by atoms with Crippen LogP contribution in [-0.4, -0.2) is 9.97 Å². The molecular weight excluding hydrogens is 432 g/mol. The van der Waals surface area contributed by atoms with Crippen LogP contribution in [0, 0.1) is 5.82 Å². The molecule has 0 atom stereocenters. The molecule has 9 heteroatoms. The molecule has 1 heterocycles. The highest BCUT2D eigenvalue weighted by molar-refractivity contribution is 9.10. The Balaban J connectivity index is 1.87. The van der Waals surface area contributed by atoms with Crippen LogP contribution < -0.4 is 16.4 Å². The molecule has 4 N–H and O–H groups in total. The minimum Gasteiger partial charge on any atom is -0.393 e. The van der Waals surface area contributed by atoms with Gasteiger partial charge >= 0.3 is 0 Å². The molecule has 3 aromatic rings. The van der Waals surface area contributed by atoms with E-state index in [1.807, 2.05) is 0 Å². The van der Waals surface area contributed by atoms with Crippen molar-refractivity contribution < 1.29 is 4.39 Å². The van der Waals surface area contributed by atoms with E-state index in [2.05, 4.69) is 36.5 Å². The van der Waals surface area contributed by atoms with Crippen molar-refractivity contribution in [2.24, 2.45) is 0 Å². The Labute approximate surface area is 161 Å². The first-order valence-electron chi connectivity index (χ1n) is 6.98. The lowest BCUT2D eigenvalue weighted by Gasteiger charge is -2.13. The molecule has 0 aliphatic carbocycles.